The number of hydrogen-bond acceptors (Lipinski definition) is 6. The lowest BCUT2D eigenvalue weighted by atomic mass is 9.96. The van der Waals surface area contributed by atoms with Crippen LogP contribution in [0.15, 0.2) is 33.2 Å². The first kappa shape index (κ1) is 14.4. The fourth-order valence-electron chi connectivity index (χ4n) is 1.90. The van der Waals surface area contributed by atoms with Crippen LogP contribution < -0.4 is 0 Å². The Labute approximate surface area is 128 Å². The Bertz CT molecular complexity index is 766. The van der Waals surface area contributed by atoms with Crippen molar-refractivity contribution in [1.82, 2.24) is 20.3 Å². The zero-order chi connectivity index (χ0) is 15.7. The molecule has 0 saturated carbocycles. The summed E-state index contributed by atoms with van der Waals surface area (Å²) in [6.45, 7) is 8.13. The molecule has 3 aromatic rings. The molecule has 0 fully saturated rings. The number of benzene rings is 1. The van der Waals surface area contributed by atoms with E-state index in [1.807, 2.05) is 52.0 Å². The summed E-state index contributed by atoms with van der Waals surface area (Å²) in [6, 6.07) is 7.92. The van der Waals surface area contributed by atoms with Crippen LogP contribution in [-0.4, -0.2) is 20.3 Å². The Morgan fingerprint density at radius 2 is 1.73 bits per heavy atom. The lowest BCUT2D eigenvalue weighted by Gasteiger charge is -2.10. The molecule has 1 aromatic carbocycles. The van der Waals surface area contributed by atoms with Crippen LogP contribution in [0.1, 0.15) is 43.9 Å². The van der Waals surface area contributed by atoms with Crippen LogP contribution in [0.2, 0.25) is 0 Å². The van der Waals surface area contributed by atoms with Crippen molar-refractivity contribution >= 4 is 0 Å². The van der Waals surface area contributed by atoms with Crippen molar-refractivity contribution in [3.63, 3.8) is 0 Å². The molecule has 0 unspecified atom stereocenters. The molecule has 22 heavy (non-hydrogen) atoms. The summed E-state index contributed by atoms with van der Waals surface area (Å²) < 4.78 is 10.9. The summed E-state index contributed by atoms with van der Waals surface area (Å²) in [5.74, 6) is 2.09. The van der Waals surface area contributed by atoms with Gasteiger partial charge in [0.2, 0.25) is 17.7 Å². The number of hydrogen-bond donors (Lipinski definition) is 0. The molecule has 0 amide bonds. The van der Waals surface area contributed by atoms with Crippen LogP contribution in [0.4, 0.5) is 0 Å². The van der Waals surface area contributed by atoms with Crippen LogP contribution in [0.5, 0.6) is 0 Å². The summed E-state index contributed by atoms with van der Waals surface area (Å²) in [4.78, 5) is 4.36. The highest BCUT2D eigenvalue weighted by molar-refractivity contribution is 5.52. The number of aryl methyl sites for hydroxylation is 1. The summed E-state index contributed by atoms with van der Waals surface area (Å²) in [5, 5.41) is 12.1. The number of aromatic nitrogens is 4. The van der Waals surface area contributed by atoms with Crippen LogP contribution >= 0.6 is 0 Å². The molecule has 0 aliphatic heterocycles. The molecule has 0 N–H and O–H groups in total. The van der Waals surface area contributed by atoms with E-state index in [1.165, 1.54) is 5.56 Å². The fourth-order valence-corrected chi connectivity index (χ4v) is 1.90. The van der Waals surface area contributed by atoms with E-state index in [0.717, 1.165) is 5.56 Å². The van der Waals surface area contributed by atoms with Gasteiger partial charge in [0.25, 0.3) is 0 Å². The minimum Gasteiger partial charge on any atom is -0.420 e. The maximum absolute atomic E-state index is 5.66. The van der Waals surface area contributed by atoms with E-state index in [9.17, 15) is 0 Å². The molecule has 0 aliphatic rings. The number of rotatable bonds is 3. The third-order valence-corrected chi connectivity index (χ3v) is 3.21. The van der Waals surface area contributed by atoms with Crippen molar-refractivity contribution in [1.29, 1.82) is 0 Å². The Morgan fingerprint density at radius 3 is 2.36 bits per heavy atom. The van der Waals surface area contributed by atoms with Crippen molar-refractivity contribution in [2.75, 3.05) is 0 Å². The Balaban J connectivity index is 1.77. The van der Waals surface area contributed by atoms with Gasteiger partial charge in [-0.2, -0.15) is 4.98 Å². The van der Waals surface area contributed by atoms with Crippen LogP contribution in [-0.2, 0) is 11.8 Å². The smallest absolute Gasteiger partial charge is 0.247 e. The SMILES string of the molecule is Cc1ccc(-c2nnc(Cc3nc(C(C)(C)C)no3)o2)cc1. The van der Waals surface area contributed by atoms with Crippen molar-refractivity contribution in [3.05, 3.63) is 47.4 Å². The third kappa shape index (κ3) is 3.05. The molecule has 0 radical (unpaired) electrons. The summed E-state index contributed by atoms with van der Waals surface area (Å²) in [7, 11) is 0. The Morgan fingerprint density at radius 1 is 1.00 bits per heavy atom. The first-order valence-corrected chi connectivity index (χ1v) is 7.14. The van der Waals surface area contributed by atoms with Gasteiger partial charge in [0.1, 0.15) is 6.42 Å². The Hall–Kier alpha value is -2.50. The molecular weight excluding hydrogens is 280 g/mol. The highest BCUT2D eigenvalue weighted by Gasteiger charge is 2.22. The van der Waals surface area contributed by atoms with Crippen LogP contribution in [0.25, 0.3) is 11.5 Å². The predicted molar refractivity (Wildman–Crippen MR) is 80.3 cm³/mol. The van der Waals surface area contributed by atoms with Gasteiger partial charge in [0.05, 0.1) is 0 Å². The molecule has 0 spiro atoms. The highest BCUT2D eigenvalue weighted by atomic mass is 16.5. The van der Waals surface area contributed by atoms with Crippen molar-refractivity contribution in [3.8, 4) is 11.5 Å². The molecule has 2 aromatic heterocycles. The number of nitrogens with zero attached hydrogens (tertiary/aromatic N) is 4. The minimum absolute atomic E-state index is 0.149. The second-order valence-electron chi connectivity index (χ2n) is 6.31. The van der Waals surface area contributed by atoms with Gasteiger partial charge in [0, 0.05) is 11.0 Å². The third-order valence-electron chi connectivity index (χ3n) is 3.21. The van der Waals surface area contributed by atoms with Crippen molar-refractivity contribution < 1.29 is 8.94 Å². The molecule has 6 nitrogen and oxygen atoms in total. The van der Waals surface area contributed by atoms with E-state index in [1.54, 1.807) is 0 Å². The monoisotopic (exact) mass is 298 g/mol. The summed E-state index contributed by atoms with van der Waals surface area (Å²) in [5.41, 5.74) is 1.93. The van der Waals surface area contributed by atoms with Gasteiger partial charge in [-0.15, -0.1) is 10.2 Å². The molecule has 6 heteroatoms. The fraction of sp³-hybridized carbons (Fsp3) is 0.375. The van der Waals surface area contributed by atoms with Gasteiger partial charge in [-0.1, -0.05) is 43.6 Å². The maximum atomic E-state index is 5.66. The molecule has 0 saturated heterocycles. The second kappa shape index (κ2) is 5.36. The van der Waals surface area contributed by atoms with E-state index in [2.05, 4.69) is 20.3 Å². The van der Waals surface area contributed by atoms with Gasteiger partial charge >= 0.3 is 0 Å². The topological polar surface area (TPSA) is 77.8 Å². The van der Waals surface area contributed by atoms with E-state index >= 15 is 0 Å². The summed E-state index contributed by atoms with van der Waals surface area (Å²) >= 11 is 0. The van der Waals surface area contributed by atoms with Gasteiger partial charge in [0.15, 0.2) is 5.82 Å². The van der Waals surface area contributed by atoms with Crippen LogP contribution in [0, 0.1) is 6.92 Å². The molecule has 2 heterocycles. The van der Waals surface area contributed by atoms with E-state index in [-0.39, 0.29) is 5.41 Å². The van der Waals surface area contributed by atoms with Gasteiger partial charge in [-0.05, 0) is 19.1 Å². The van der Waals surface area contributed by atoms with Crippen molar-refractivity contribution in [2.45, 2.75) is 39.5 Å². The molecule has 0 atom stereocenters. The van der Waals surface area contributed by atoms with E-state index in [0.29, 0.717) is 29.9 Å². The van der Waals surface area contributed by atoms with E-state index in [4.69, 9.17) is 8.94 Å². The van der Waals surface area contributed by atoms with Gasteiger partial charge in [-0.3, -0.25) is 0 Å². The molecule has 3 rings (SSSR count). The van der Waals surface area contributed by atoms with E-state index < -0.39 is 0 Å². The zero-order valence-electron chi connectivity index (χ0n) is 13.1. The first-order valence-electron chi connectivity index (χ1n) is 7.14. The summed E-state index contributed by atoms with van der Waals surface area (Å²) in [6.07, 6.45) is 0.335. The van der Waals surface area contributed by atoms with Gasteiger partial charge in [-0.25, -0.2) is 0 Å². The largest absolute Gasteiger partial charge is 0.420 e. The normalized spacial score (nSPS) is 11.8. The maximum Gasteiger partial charge on any atom is 0.247 e. The minimum atomic E-state index is -0.149. The molecule has 114 valence electrons. The standard InChI is InChI=1S/C16H18N4O2/c1-10-5-7-11(8-6-10)14-19-18-13(21-14)9-12-17-15(20-22-12)16(2,3)4/h5-8H,9H2,1-4H3. The average Bonchev–Trinajstić information content (AvgIpc) is 3.09. The van der Waals surface area contributed by atoms with Crippen molar-refractivity contribution in [2.24, 2.45) is 0 Å². The highest BCUT2D eigenvalue weighted by Crippen LogP contribution is 2.21. The lowest BCUT2D eigenvalue weighted by molar-refractivity contribution is 0.360. The molecule has 0 aliphatic carbocycles. The zero-order valence-corrected chi connectivity index (χ0v) is 13.1. The first-order chi connectivity index (χ1) is 10.4. The Kier molecular flexibility index (Phi) is 3.52. The average molecular weight is 298 g/mol. The van der Waals surface area contributed by atoms with Gasteiger partial charge < -0.3 is 8.94 Å². The van der Waals surface area contributed by atoms with Crippen LogP contribution in [0.3, 0.4) is 0 Å². The molecule has 0 bridgehead atoms. The predicted octanol–water partition coefficient (Wildman–Crippen LogP) is 3.32. The second-order valence-corrected chi connectivity index (χ2v) is 6.31. The molecular formula is C16H18N4O2. The lowest BCUT2D eigenvalue weighted by Crippen LogP contribution is -2.13. The quantitative estimate of drug-likeness (QED) is 0.738.